The van der Waals surface area contributed by atoms with Crippen LogP contribution in [0.25, 0.3) is 0 Å². The van der Waals surface area contributed by atoms with Crippen LogP contribution in [0.15, 0.2) is 29.6 Å². The van der Waals surface area contributed by atoms with E-state index in [2.05, 4.69) is 53.8 Å². The molecule has 3 nitrogen and oxygen atoms in total. The van der Waals surface area contributed by atoms with Crippen LogP contribution in [0.5, 0.6) is 5.75 Å². The van der Waals surface area contributed by atoms with E-state index in [1.165, 1.54) is 18.4 Å². The van der Waals surface area contributed by atoms with Crippen LogP contribution in [0.2, 0.25) is 0 Å². The summed E-state index contributed by atoms with van der Waals surface area (Å²) < 4.78 is 5.79. The molecule has 0 radical (unpaired) electrons. The van der Waals surface area contributed by atoms with Crippen molar-refractivity contribution in [3.8, 4) is 5.75 Å². The second-order valence-corrected chi connectivity index (χ2v) is 5.99. The predicted octanol–water partition coefficient (Wildman–Crippen LogP) is 4.17. The Kier molecular flexibility index (Phi) is 6.70. The summed E-state index contributed by atoms with van der Waals surface area (Å²) in [6.45, 7) is 6.66. The Labute approximate surface area is 131 Å². The molecule has 0 amide bonds. The van der Waals surface area contributed by atoms with E-state index in [1.54, 1.807) is 11.3 Å². The summed E-state index contributed by atoms with van der Waals surface area (Å²) in [5.41, 5.74) is 2.38. The van der Waals surface area contributed by atoms with Crippen LogP contribution in [0, 0.1) is 0 Å². The Morgan fingerprint density at radius 3 is 2.71 bits per heavy atom. The minimum absolute atomic E-state index is 0.539. The van der Waals surface area contributed by atoms with Gasteiger partial charge in [-0.2, -0.15) is 0 Å². The maximum atomic E-state index is 5.79. The van der Waals surface area contributed by atoms with Crippen molar-refractivity contribution in [3.63, 3.8) is 0 Å². The van der Waals surface area contributed by atoms with Crippen molar-refractivity contribution in [3.05, 3.63) is 45.9 Å². The van der Waals surface area contributed by atoms with E-state index >= 15 is 0 Å². The molecule has 1 aromatic heterocycles. The molecule has 0 unspecified atom stereocenters. The number of nitrogens with zero attached hydrogens (tertiary/aromatic N) is 1. The number of aryl methyl sites for hydroxylation is 1. The largest absolute Gasteiger partial charge is 0.487 e. The van der Waals surface area contributed by atoms with E-state index < -0.39 is 0 Å². The van der Waals surface area contributed by atoms with Crippen LogP contribution in [0.1, 0.15) is 43.0 Å². The lowest BCUT2D eigenvalue weighted by Gasteiger charge is -2.05. The second kappa shape index (κ2) is 8.80. The van der Waals surface area contributed by atoms with Crippen LogP contribution in [0.4, 0.5) is 0 Å². The maximum Gasteiger partial charge on any atom is 0.131 e. The van der Waals surface area contributed by atoms with Crippen LogP contribution in [-0.4, -0.2) is 11.5 Å². The van der Waals surface area contributed by atoms with Crippen LogP contribution < -0.4 is 10.1 Å². The van der Waals surface area contributed by atoms with Crippen LogP contribution >= 0.6 is 11.3 Å². The fourth-order valence-corrected chi connectivity index (χ4v) is 2.77. The van der Waals surface area contributed by atoms with Crippen molar-refractivity contribution in [2.24, 2.45) is 0 Å². The third-order valence-corrected chi connectivity index (χ3v) is 4.15. The number of rotatable bonds is 9. The number of unbranched alkanes of at least 4 members (excludes halogenated alkanes) is 1. The highest BCUT2D eigenvalue weighted by Gasteiger charge is 2.03. The number of aromatic nitrogens is 1. The van der Waals surface area contributed by atoms with Crippen LogP contribution in [-0.2, 0) is 19.6 Å². The molecule has 0 aliphatic heterocycles. The van der Waals surface area contributed by atoms with Gasteiger partial charge in [0.05, 0.1) is 5.69 Å². The molecule has 0 fully saturated rings. The highest BCUT2D eigenvalue weighted by Crippen LogP contribution is 2.16. The first kappa shape index (κ1) is 16.0. The minimum Gasteiger partial charge on any atom is -0.487 e. The van der Waals surface area contributed by atoms with Crippen molar-refractivity contribution in [2.45, 2.75) is 46.3 Å². The van der Waals surface area contributed by atoms with Gasteiger partial charge < -0.3 is 10.1 Å². The molecular weight excluding hydrogens is 280 g/mol. The van der Waals surface area contributed by atoms with Gasteiger partial charge in [-0.15, -0.1) is 11.3 Å². The summed E-state index contributed by atoms with van der Waals surface area (Å²) in [7, 11) is 0. The van der Waals surface area contributed by atoms with Crippen molar-refractivity contribution in [1.29, 1.82) is 0 Å². The van der Waals surface area contributed by atoms with Gasteiger partial charge in [0.15, 0.2) is 0 Å². The summed E-state index contributed by atoms with van der Waals surface area (Å²) in [5.74, 6) is 0.913. The van der Waals surface area contributed by atoms with Gasteiger partial charge in [0.2, 0.25) is 0 Å². The van der Waals surface area contributed by atoms with Crippen molar-refractivity contribution in [2.75, 3.05) is 6.54 Å². The second-order valence-electron chi connectivity index (χ2n) is 5.05. The molecule has 2 rings (SSSR count). The highest BCUT2D eigenvalue weighted by molar-refractivity contribution is 7.09. The van der Waals surface area contributed by atoms with Gasteiger partial charge in [-0.3, -0.25) is 0 Å². The molecule has 4 heteroatoms. The first-order chi connectivity index (χ1) is 10.3. The Bertz CT molecular complexity index is 522. The van der Waals surface area contributed by atoms with Gasteiger partial charge in [0.1, 0.15) is 17.4 Å². The quantitative estimate of drug-likeness (QED) is 0.755. The summed E-state index contributed by atoms with van der Waals surface area (Å²) in [6.07, 6.45) is 3.63. The summed E-state index contributed by atoms with van der Waals surface area (Å²) in [4.78, 5) is 4.55. The molecule has 0 spiro atoms. The number of benzene rings is 1. The Morgan fingerprint density at radius 2 is 2.00 bits per heavy atom. The fraction of sp³-hybridized carbons (Fsp3) is 0.471. The number of hydrogen-bond acceptors (Lipinski definition) is 4. The van der Waals surface area contributed by atoms with Crippen molar-refractivity contribution in [1.82, 2.24) is 10.3 Å². The third-order valence-electron chi connectivity index (χ3n) is 3.25. The Balaban J connectivity index is 1.80. The molecular formula is C17H24N2OS. The van der Waals surface area contributed by atoms with E-state index in [0.29, 0.717) is 6.61 Å². The smallest absolute Gasteiger partial charge is 0.131 e. The van der Waals surface area contributed by atoms with E-state index in [-0.39, 0.29) is 0 Å². The van der Waals surface area contributed by atoms with Gasteiger partial charge in [0, 0.05) is 11.9 Å². The highest BCUT2D eigenvalue weighted by atomic mass is 32.1. The molecule has 0 bridgehead atoms. The summed E-state index contributed by atoms with van der Waals surface area (Å²) >= 11 is 1.68. The number of hydrogen-bond donors (Lipinski definition) is 1. The van der Waals surface area contributed by atoms with E-state index in [4.69, 9.17) is 4.74 Å². The SMILES string of the molecule is CCCCc1ccc(OCc2csc(CNCC)n2)cc1. The monoisotopic (exact) mass is 304 g/mol. The molecule has 0 aliphatic rings. The summed E-state index contributed by atoms with van der Waals surface area (Å²) in [5, 5.41) is 6.47. The van der Waals surface area contributed by atoms with Crippen molar-refractivity contribution < 1.29 is 4.74 Å². The molecule has 2 aromatic rings. The molecule has 21 heavy (non-hydrogen) atoms. The number of nitrogens with one attached hydrogen (secondary N) is 1. The molecule has 0 saturated heterocycles. The average molecular weight is 304 g/mol. The minimum atomic E-state index is 0.539. The van der Waals surface area contributed by atoms with Gasteiger partial charge in [0.25, 0.3) is 0 Å². The van der Waals surface area contributed by atoms with Crippen LogP contribution in [0.3, 0.4) is 0 Å². The first-order valence-corrected chi connectivity index (χ1v) is 8.55. The zero-order chi connectivity index (χ0) is 14.9. The lowest BCUT2D eigenvalue weighted by molar-refractivity contribution is 0.302. The molecule has 0 aliphatic carbocycles. The molecule has 1 aromatic carbocycles. The fourth-order valence-electron chi connectivity index (χ4n) is 2.02. The van der Waals surface area contributed by atoms with Gasteiger partial charge in [-0.25, -0.2) is 4.98 Å². The van der Waals surface area contributed by atoms with Crippen molar-refractivity contribution >= 4 is 11.3 Å². The van der Waals surface area contributed by atoms with Gasteiger partial charge in [-0.05, 0) is 37.1 Å². The molecule has 1 heterocycles. The maximum absolute atomic E-state index is 5.79. The molecule has 114 valence electrons. The third kappa shape index (κ3) is 5.48. The van der Waals surface area contributed by atoms with E-state index in [0.717, 1.165) is 36.0 Å². The molecule has 0 saturated carbocycles. The zero-order valence-electron chi connectivity index (χ0n) is 12.9. The Hall–Kier alpha value is -1.39. The van der Waals surface area contributed by atoms with E-state index in [1.807, 2.05) is 0 Å². The Morgan fingerprint density at radius 1 is 1.19 bits per heavy atom. The van der Waals surface area contributed by atoms with E-state index in [9.17, 15) is 0 Å². The van der Waals surface area contributed by atoms with Gasteiger partial charge >= 0.3 is 0 Å². The predicted molar refractivity (Wildman–Crippen MR) is 88.9 cm³/mol. The average Bonchev–Trinajstić information content (AvgIpc) is 2.98. The molecule has 0 atom stereocenters. The topological polar surface area (TPSA) is 34.1 Å². The summed E-state index contributed by atoms with van der Waals surface area (Å²) in [6, 6.07) is 8.42. The molecule has 1 N–H and O–H groups in total. The standard InChI is InChI=1S/C17H24N2OS/c1-3-5-6-14-7-9-16(10-8-14)20-12-15-13-21-17(19-15)11-18-4-2/h7-10,13,18H,3-6,11-12H2,1-2H3. The number of ether oxygens (including phenoxy) is 1. The lowest BCUT2D eigenvalue weighted by atomic mass is 10.1. The first-order valence-electron chi connectivity index (χ1n) is 7.67. The number of thiazole rings is 1. The normalized spacial score (nSPS) is 10.8. The lowest BCUT2D eigenvalue weighted by Crippen LogP contribution is -2.11. The zero-order valence-corrected chi connectivity index (χ0v) is 13.7. The van der Waals surface area contributed by atoms with Gasteiger partial charge in [-0.1, -0.05) is 32.4 Å².